The largest absolute Gasteiger partial charge is 0.457 e. The number of imidazole rings is 1. The third-order valence-corrected chi connectivity index (χ3v) is 4.42. The lowest BCUT2D eigenvalue weighted by atomic mass is 10.1. The maximum absolute atomic E-state index is 13.7. The van der Waals surface area contributed by atoms with Gasteiger partial charge in [-0.2, -0.15) is 13.2 Å². The molecule has 0 spiro atoms. The van der Waals surface area contributed by atoms with E-state index in [-0.39, 0.29) is 10.7 Å². The van der Waals surface area contributed by atoms with Crippen LogP contribution < -0.4 is 4.74 Å². The van der Waals surface area contributed by atoms with Crippen LogP contribution in [0.25, 0.3) is 16.9 Å². The Bertz CT molecular complexity index is 1160. The first-order chi connectivity index (χ1) is 13.8. The van der Waals surface area contributed by atoms with Crippen LogP contribution in [0.1, 0.15) is 17.5 Å². The van der Waals surface area contributed by atoms with E-state index in [0.29, 0.717) is 22.7 Å². The fraction of sp³-hybridized carbons (Fsp3) is 0.158. The van der Waals surface area contributed by atoms with Crippen molar-refractivity contribution in [2.45, 2.75) is 19.2 Å². The van der Waals surface area contributed by atoms with Crippen molar-refractivity contribution in [3.8, 4) is 11.7 Å². The second kappa shape index (κ2) is 7.32. The summed E-state index contributed by atoms with van der Waals surface area (Å²) in [5.41, 5.74) is 0.636. The van der Waals surface area contributed by atoms with Crippen molar-refractivity contribution in [3.05, 3.63) is 71.5 Å². The number of benzene rings is 1. The lowest BCUT2D eigenvalue weighted by molar-refractivity contribution is -0.198. The van der Waals surface area contributed by atoms with Gasteiger partial charge in [-0.15, -0.1) is 0 Å². The van der Waals surface area contributed by atoms with Crippen molar-refractivity contribution in [1.29, 1.82) is 0 Å². The summed E-state index contributed by atoms with van der Waals surface area (Å²) in [5, 5.41) is -0.253. The van der Waals surface area contributed by atoms with Crippen molar-refractivity contribution in [2.75, 3.05) is 0 Å². The van der Waals surface area contributed by atoms with Crippen molar-refractivity contribution < 1.29 is 17.9 Å². The Balaban J connectivity index is 1.69. The van der Waals surface area contributed by atoms with Gasteiger partial charge < -0.3 is 4.74 Å². The Morgan fingerprint density at radius 3 is 2.34 bits per heavy atom. The molecule has 29 heavy (non-hydrogen) atoms. The minimum atomic E-state index is -4.72. The number of rotatable bonds is 4. The average Bonchev–Trinajstić information content (AvgIpc) is 3.11. The van der Waals surface area contributed by atoms with Gasteiger partial charge in [-0.1, -0.05) is 23.7 Å². The molecule has 0 saturated heterocycles. The van der Waals surface area contributed by atoms with Gasteiger partial charge in [-0.25, -0.2) is 19.9 Å². The zero-order chi connectivity index (χ0) is 20.6. The number of nitrogens with zero attached hydrogens (tertiary/aromatic N) is 5. The summed E-state index contributed by atoms with van der Waals surface area (Å²) in [5.74, 6) is 0.697. The SMILES string of the molecule is Cc1nccn1-c1ccc(C(Oc2nc3ccccc3nc2Cl)C(F)(F)F)cn1. The van der Waals surface area contributed by atoms with Crippen LogP contribution in [0.3, 0.4) is 0 Å². The molecule has 1 aromatic carbocycles. The lowest BCUT2D eigenvalue weighted by Crippen LogP contribution is -2.27. The molecule has 0 amide bonds. The maximum Gasteiger partial charge on any atom is 0.429 e. The van der Waals surface area contributed by atoms with Crippen LogP contribution in [0.4, 0.5) is 13.2 Å². The number of hydrogen-bond donors (Lipinski definition) is 0. The fourth-order valence-electron chi connectivity index (χ4n) is 2.79. The highest BCUT2D eigenvalue weighted by Gasteiger charge is 2.44. The van der Waals surface area contributed by atoms with Crippen molar-refractivity contribution in [1.82, 2.24) is 24.5 Å². The first kappa shape index (κ1) is 19.1. The predicted molar refractivity (Wildman–Crippen MR) is 100 cm³/mol. The van der Waals surface area contributed by atoms with Crippen molar-refractivity contribution >= 4 is 22.6 Å². The molecule has 1 unspecified atom stereocenters. The molecule has 0 radical (unpaired) electrons. The van der Waals surface area contributed by atoms with Crippen LogP contribution in [0.2, 0.25) is 5.15 Å². The smallest absolute Gasteiger partial charge is 0.429 e. The maximum atomic E-state index is 13.7. The minimum absolute atomic E-state index is 0.190. The van der Waals surface area contributed by atoms with E-state index in [0.717, 1.165) is 6.20 Å². The third kappa shape index (κ3) is 3.86. The molecule has 0 N–H and O–H groups in total. The molecule has 4 rings (SSSR count). The van der Waals surface area contributed by atoms with Crippen LogP contribution in [0.15, 0.2) is 55.0 Å². The molecular formula is C19H13ClF3N5O. The Kier molecular flexibility index (Phi) is 4.83. The van der Waals surface area contributed by atoms with Gasteiger partial charge in [0, 0.05) is 24.2 Å². The first-order valence-electron chi connectivity index (χ1n) is 8.45. The summed E-state index contributed by atoms with van der Waals surface area (Å²) in [7, 11) is 0. The van der Waals surface area contributed by atoms with Gasteiger partial charge in [0.05, 0.1) is 11.0 Å². The molecule has 3 aromatic heterocycles. The summed E-state index contributed by atoms with van der Waals surface area (Å²) in [4.78, 5) is 16.3. The number of para-hydroxylation sites is 2. The fourth-order valence-corrected chi connectivity index (χ4v) is 2.97. The second-order valence-corrected chi connectivity index (χ2v) is 6.50. The molecule has 4 aromatic rings. The summed E-state index contributed by atoms with van der Waals surface area (Å²) in [6, 6.07) is 9.43. The van der Waals surface area contributed by atoms with Crippen LogP contribution in [0, 0.1) is 6.92 Å². The monoisotopic (exact) mass is 419 g/mol. The van der Waals surface area contributed by atoms with E-state index in [1.54, 1.807) is 48.1 Å². The number of ether oxygens (including phenoxy) is 1. The van der Waals surface area contributed by atoms with Crippen LogP contribution in [-0.4, -0.2) is 30.7 Å². The molecular weight excluding hydrogens is 407 g/mol. The quantitative estimate of drug-likeness (QED) is 0.473. The number of alkyl halides is 3. The second-order valence-electron chi connectivity index (χ2n) is 6.14. The molecule has 10 heteroatoms. The number of aromatic nitrogens is 5. The number of pyridine rings is 1. The Hall–Kier alpha value is -3.20. The molecule has 0 saturated carbocycles. The molecule has 0 fully saturated rings. The molecule has 0 aliphatic heterocycles. The molecule has 3 heterocycles. The van der Waals surface area contributed by atoms with E-state index >= 15 is 0 Å². The highest BCUT2D eigenvalue weighted by Crippen LogP contribution is 2.38. The number of fused-ring (bicyclic) bond motifs is 1. The van der Waals surface area contributed by atoms with Crippen LogP contribution >= 0.6 is 11.6 Å². The minimum Gasteiger partial charge on any atom is -0.457 e. The van der Waals surface area contributed by atoms with Gasteiger partial charge in [0.1, 0.15) is 11.6 Å². The van der Waals surface area contributed by atoms with Crippen molar-refractivity contribution in [3.63, 3.8) is 0 Å². The van der Waals surface area contributed by atoms with E-state index in [9.17, 15) is 13.2 Å². The van der Waals surface area contributed by atoms with E-state index in [2.05, 4.69) is 19.9 Å². The van der Waals surface area contributed by atoms with E-state index in [4.69, 9.17) is 16.3 Å². The number of aryl methyl sites for hydroxylation is 1. The topological polar surface area (TPSA) is 65.7 Å². The number of hydrogen-bond acceptors (Lipinski definition) is 5. The molecule has 0 aliphatic rings. The highest BCUT2D eigenvalue weighted by atomic mass is 35.5. The predicted octanol–water partition coefficient (Wildman–Crippen LogP) is 4.85. The summed E-state index contributed by atoms with van der Waals surface area (Å²) < 4.78 is 48.0. The van der Waals surface area contributed by atoms with Crippen molar-refractivity contribution in [2.24, 2.45) is 0 Å². The normalized spacial score (nSPS) is 12.9. The van der Waals surface area contributed by atoms with Gasteiger partial charge >= 0.3 is 6.18 Å². The summed E-state index contributed by atoms with van der Waals surface area (Å²) in [6.45, 7) is 1.76. The lowest BCUT2D eigenvalue weighted by Gasteiger charge is -2.22. The summed E-state index contributed by atoms with van der Waals surface area (Å²) >= 11 is 6.00. The zero-order valence-corrected chi connectivity index (χ0v) is 15.7. The molecule has 0 aliphatic carbocycles. The van der Waals surface area contributed by atoms with Crippen LogP contribution in [-0.2, 0) is 0 Å². The van der Waals surface area contributed by atoms with E-state index in [1.807, 2.05) is 0 Å². The third-order valence-electron chi connectivity index (χ3n) is 4.17. The Morgan fingerprint density at radius 2 is 1.76 bits per heavy atom. The van der Waals surface area contributed by atoms with Gasteiger partial charge in [0.2, 0.25) is 6.10 Å². The molecule has 0 bridgehead atoms. The van der Waals surface area contributed by atoms with Gasteiger partial charge in [0.25, 0.3) is 5.88 Å². The summed E-state index contributed by atoms with van der Waals surface area (Å²) in [6.07, 6.45) is -2.67. The highest BCUT2D eigenvalue weighted by molar-refractivity contribution is 6.31. The van der Waals surface area contributed by atoms with Gasteiger partial charge in [0.15, 0.2) is 5.15 Å². The zero-order valence-electron chi connectivity index (χ0n) is 14.9. The molecule has 1 atom stereocenters. The first-order valence-corrected chi connectivity index (χ1v) is 8.82. The van der Waals surface area contributed by atoms with E-state index < -0.39 is 18.2 Å². The van der Waals surface area contributed by atoms with Gasteiger partial charge in [-0.3, -0.25) is 4.57 Å². The van der Waals surface area contributed by atoms with Crippen LogP contribution in [0.5, 0.6) is 5.88 Å². The standard InChI is InChI=1S/C19H13ClF3N5O/c1-11-24-8-9-28(11)15-7-6-12(10-25-15)16(19(21,22)23)29-18-17(20)26-13-4-2-3-5-14(13)27-18/h2-10,16H,1H3. The Labute approximate surface area is 168 Å². The molecule has 148 valence electrons. The average molecular weight is 420 g/mol. The number of halogens is 4. The molecule has 6 nitrogen and oxygen atoms in total. The van der Waals surface area contributed by atoms with Gasteiger partial charge in [-0.05, 0) is 31.2 Å². The van der Waals surface area contributed by atoms with E-state index in [1.165, 1.54) is 12.1 Å². The Morgan fingerprint density at radius 1 is 1.03 bits per heavy atom.